The van der Waals surface area contributed by atoms with Gasteiger partial charge in [-0.15, -0.1) is 0 Å². The molecule has 0 atom stereocenters. The van der Waals surface area contributed by atoms with Gasteiger partial charge in [0.1, 0.15) is 17.8 Å². The highest BCUT2D eigenvalue weighted by Crippen LogP contribution is 2.28. The Labute approximate surface area is 221 Å². The van der Waals surface area contributed by atoms with Crippen molar-refractivity contribution in [3.05, 3.63) is 87.4 Å². The van der Waals surface area contributed by atoms with Gasteiger partial charge in [-0.25, -0.2) is 4.98 Å². The molecule has 0 aliphatic heterocycles. The third kappa shape index (κ3) is 5.32. The summed E-state index contributed by atoms with van der Waals surface area (Å²) in [5.41, 5.74) is 4.88. The van der Waals surface area contributed by atoms with Crippen LogP contribution in [0.15, 0.2) is 53.6 Å². The second kappa shape index (κ2) is 10.9. The second-order valence-electron chi connectivity index (χ2n) is 9.69. The molecular formula is C29H33N5O4. The number of carbonyl (C=O) groups excluding carboxylic acids is 2. The van der Waals surface area contributed by atoms with Crippen LogP contribution in [0.5, 0.6) is 5.75 Å². The molecule has 4 aromatic rings. The molecule has 0 fully saturated rings. The van der Waals surface area contributed by atoms with E-state index < -0.39 is 0 Å². The number of aryl methyl sites for hydroxylation is 1. The Bertz CT molecular complexity index is 1570. The fourth-order valence-electron chi connectivity index (χ4n) is 4.39. The average Bonchev–Trinajstić information content (AvgIpc) is 3.31. The van der Waals surface area contributed by atoms with Gasteiger partial charge in [-0.3, -0.25) is 18.8 Å². The Balaban J connectivity index is 1.77. The van der Waals surface area contributed by atoms with Crippen molar-refractivity contribution in [2.24, 2.45) is 0 Å². The summed E-state index contributed by atoms with van der Waals surface area (Å²) < 4.78 is 7.40. The molecule has 4 rings (SSSR count). The number of rotatable bonds is 8. The van der Waals surface area contributed by atoms with E-state index in [1.807, 2.05) is 45.0 Å². The zero-order valence-corrected chi connectivity index (χ0v) is 22.6. The molecule has 2 N–H and O–H groups in total. The third-order valence-electron chi connectivity index (χ3n) is 6.26. The summed E-state index contributed by atoms with van der Waals surface area (Å²) in [6, 6.07) is 12.8. The summed E-state index contributed by atoms with van der Waals surface area (Å²) in [5, 5.41) is 2.88. The fraction of sp³-hybridized carbons (Fsp3) is 0.310. The van der Waals surface area contributed by atoms with E-state index in [0.717, 1.165) is 22.3 Å². The summed E-state index contributed by atoms with van der Waals surface area (Å²) in [6.07, 6.45) is 1.64. The quantitative estimate of drug-likeness (QED) is 0.366. The number of hydrogen-bond acceptors (Lipinski definition) is 5. The van der Waals surface area contributed by atoms with Crippen LogP contribution in [0.25, 0.3) is 16.6 Å². The number of nitrogens with one attached hydrogen (secondary N) is 2. The molecule has 3 heterocycles. The van der Waals surface area contributed by atoms with Gasteiger partial charge >= 0.3 is 0 Å². The molecule has 198 valence electrons. The Kier molecular flexibility index (Phi) is 7.66. The van der Waals surface area contributed by atoms with Crippen LogP contribution in [0, 0.1) is 6.92 Å². The van der Waals surface area contributed by atoms with Gasteiger partial charge in [-0.2, -0.15) is 0 Å². The van der Waals surface area contributed by atoms with E-state index in [-0.39, 0.29) is 29.8 Å². The van der Waals surface area contributed by atoms with Crippen molar-refractivity contribution >= 4 is 17.3 Å². The lowest BCUT2D eigenvalue weighted by Crippen LogP contribution is -2.29. The molecule has 2 amide bonds. The number of amides is 2. The van der Waals surface area contributed by atoms with Gasteiger partial charge in [0, 0.05) is 25.4 Å². The lowest BCUT2D eigenvalue weighted by atomic mass is 10.0. The predicted molar refractivity (Wildman–Crippen MR) is 147 cm³/mol. The summed E-state index contributed by atoms with van der Waals surface area (Å²) in [7, 11) is 3.42. The van der Waals surface area contributed by atoms with Gasteiger partial charge in [-0.1, -0.05) is 26.0 Å². The number of aromatic nitrogens is 3. The van der Waals surface area contributed by atoms with Crippen molar-refractivity contribution < 1.29 is 14.3 Å². The van der Waals surface area contributed by atoms with E-state index >= 15 is 0 Å². The standard InChI is InChI=1S/C29H33N5O4/c1-7-38-25-11-18(4)32-27(35)22(25)15-30-28(36)24-14-21(13-23-26(17(2)3)31-16-34(23)24)19-9-8-10-20(12-19)29(37)33(5)6/h8-14,16-17H,7,15H2,1-6H3,(H,30,36)(H,32,35). The van der Waals surface area contributed by atoms with E-state index in [2.05, 4.69) is 15.3 Å². The minimum absolute atomic E-state index is 0.00590. The van der Waals surface area contributed by atoms with Crippen molar-refractivity contribution in [3.8, 4) is 16.9 Å². The average molecular weight is 516 g/mol. The first-order valence-electron chi connectivity index (χ1n) is 12.6. The highest BCUT2D eigenvalue weighted by atomic mass is 16.5. The molecule has 1 aromatic carbocycles. The van der Waals surface area contributed by atoms with E-state index in [1.165, 1.54) is 4.90 Å². The molecule has 0 saturated heterocycles. The molecule has 0 aliphatic carbocycles. The number of carbonyl (C=O) groups is 2. The highest BCUT2D eigenvalue weighted by Gasteiger charge is 2.19. The predicted octanol–water partition coefficient (Wildman–Crippen LogP) is 4.15. The molecule has 0 bridgehead atoms. The summed E-state index contributed by atoms with van der Waals surface area (Å²) in [6.45, 7) is 8.10. The first kappa shape index (κ1) is 26.7. The molecule has 9 nitrogen and oxygen atoms in total. The normalized spacial score (nSPS) is 11.1. The number of fused-ring (bicyclic) bond motifs is 1. The Hall–Kier alpha value is -4.40. The number of H-pyrrole nitrogens is 1. The lowest BCUT2D eigenvalue weighted by Gasteiger charge is -2.14. The van der Waals surface area contributed by atoms with Gasteiger partial charge in [0.25, 0.3) is 17.4 Å². The number of ether oxygens (including phenoxy) is 1. The zero-order valence-electron chi connectivity index (χ0n) is 22.6. The second-order valence-corrected chi connectivity index (χ2v) is 9.69. The SMILES string of the molecule is CCOc1cc(C)[nH]c(=O)c1CNC(=O)c1cc(-c2cccc(C(=O)N(C)C)c2)cc2c(C(C)C)ncn12. The smallest absolute Gasteiger partial charge is 0.268 e. The maximum absolute atomic E-state index is 13.5. The van der Waals surface area contributed by atoms with Crippen molar-refractivity contribution in [1.29, 1.82) is 0 Å². The number of aromatic amines is 1. The molecule has 38 heavy (non-hydrogen) atoms. The highest BCUT2D eigenvalue weighted by molar-refractivity contribution is 5.97. The molecule has 0 unspecified atom stereocenters. The number of pyridine rings is 2. The third-order valence-corrected chi connectivity index (χ3v) is 6.26. The maximum Gasteiger partial charge on any atom is 0.268 e. The molecular weight excluding hydrogens is 482 g/mol. The van der Waals surface area contributed by atoms with Crippen LogP contribution >= 0.6 is 0 Å². The van der Waals surface area contributed by atoms with Crippen molar-refractivity contribution in [1.82, 2.24) is 24.6 Å². The van der Waals surface area contributed by atoms with E-state index in [4.69, 9.17) is 4.74 Å². The van der Waals surface area contributed by atoms with Crippen LogP contribution in [0.1, 0.15) is 64.5 Å². The number of imidazole rings is 1. The minimum Gasteiger partial charge on any atom is -0.493 e. The number of benzene rings is 1. The summed E-state index contributed by atoms with van der Waals surface area (Å²) in [5.74, 6) is 0.103. The van der Waals surface area contributed by atoms with Crippen molar-refractivity contribution in [2.45, 2.75) is 40.2 Å². The number of nitrogens with zero attached hydrogens (tertiary/aromatic N) is 3. The summed E-state index contributed by atoms with van der Waals surface area (Å²) in [4.78, 5) is 47.6. The van der Waals surface area contributed by atoms with Crippen LogP contribution in [-0.4, -0.2) is 51.8 Å². The van der Waals surface area contributed by atoms with Crippen LogP contribution in [-0.2, 0) is 6.54 Å². The van der Waals surface area contributed by atoms with Crippen LogP contribution in [0.4, 0.5) is 0 Å². The topological polar surface area (TPSA) is 109 Å². The van der Waals surface area contributed by atoms with Crippen molar-refractivity contribution in [3.63, 3.8) is 0 Å². The molecule has 3 aromatic heterocycles. The fourth-order valence-corrected chi connectivity index (χ4v) is 4.39. The largest absolute Gasteiger partial charge is 0.493 e. The monoisotopic (exact) mass is 515 g/mol. The van der Waals surface area contributed by atoms with Gasteiger partial charge in [0.15, 0.2) is 0 Å². The van der Waals surface area contributed by atoms with Gasteiger partial charge in [0.2, 0.25) is 0 Å². The van der Waals surface area contributed by atoms with Gasteiger partial charge in [-0.05, 0) is 61.2 Å². The zero-order chi connectivity index (χ0) is 27.6. The van der Waals surface area contributed by atoms with Crippen LogP contribution in [0.3, 0.4) is 0 Å². The molecule has 0 aliphatic rings. The Morgan fingerprint density at radius 2 is 1.89 bits per heavy atom. The van der Waals surface area contributed by atoms with Crippen LogP contribution in [0.2, 0.25) is 0 Å². The van der Waals surface area contributed by atoms with Crippen LogP contribution < -0.4 is 15.6 Å². The molecule has 0 spiro atoms. The molecule has 0 saturated carbocycles. The number of hydrogen-bond donors (Lipinski definition) is 2. The first-order valence-corrected chi connectivity index (χ1v) is 12.6. The van der Waals surface area contributed by atoms with E-state index in [1.54, 1.807) is 49.9 Å². The Morgan fingerprint density at radius 3 is 2.58 bits per heavy atom. The lowest BCUT2D eigenvalue weighted by molar-refractivity contribution is 0.0827. The van der Waals surface area contributed by atoms with E-state index in [9.17, 15) is 14.4 Å². The van der Waals surface area contributed by atoms with Gasteiger partial charge < -0.3 is 19.9 Å². The minimum atomic E-state index is -0.368. The first-order chi connectivity index (χ1) is 18.1. The molecule has 9 heteroatoms. The van der Waals surface area contributed by atoms with E-state index in [0.29, 0.717) is 34.9 Å². The van der Waals surface area contributed by atoms with Gasteiger partial charge in [0.05, 0.1) is 29.9 Å². The maximum atomic E-state index is 13.5. The summed E-state index contributed by atoms with van der Waals surface area (Å²) >= 11 is 0. The van der Waals surface area contributed by atoms with Crippen molar-refractivity contribution in [2.75, 3.05) is 20.7 Å². The molecule has 0 radical (unpaired) electrons. The Morgan fingerprint density at radius 1 is 1.13 bits per heavy atom.